The van der Waals surface area contributed by atoms with Crippen LogP contribution in [0, 0.1) is 11.3 Å². The van der Waals surface area contributed by atoms with Gasteiger partial charge in [-0.05, 0) is 48.9 Å². The standard InChI is InChI=1S/C30H33N3O4/c1-3-5-12-26-32-27(25(19-31)29(36)37-4-2)30(17-8-9-18-30)33(26)20-21-13-15-22(16-14-21)23-10-6-7-11-24(23)28(34)35/h6-7,10-11,13-16H,3-5,8-9,12,17-18,20H2,1-2H3,(H,34,35)/b27-25-. The number of benzene rings is 2. The van der Waals surface area contributed by atoms with Crippen LogP contribution in [0.4, 0.5) is 0 Å². The van der Waals surface area contributed by atoms with Gasteiger partial charge in [0.15, 0.2) is 5.57 Å². The molecule has 2 aromatic rings. The highest BCUT2D eigenvalue weighted by Gasteiger charge is 2.50. The molecule has 0 saturated heterocycles. The predicted molar refractivity (Wildman–Crippen MR) is 142 cm³/mol. The molecule has 0 atom stereocenters. The van der Waals surface area contributed by atoms with E-state index in [0.717, 1.165) is 61.9 Å². The van der Waals surface area contributed by atoms with E-state index in [1.165, 1.54) is 0 Å². The third kappa shape index (κ3) is 5.15. The van der Waals surface area contributed by atoms with Crippen LogP contribution in [0.1, 0.15) is 74.7 Å². The van der Waals surface area contributed by atoms with E-state index >= 15 is 0 Å². The predicted octanol–water partition coefficient (Wildman–Crippen LogP) is 6.11. The van der Waals surface area contributed by atoms with E-state index in [1.54, 1.807) is 19.1 Å². The number of carboxylic acids is 1. The number of hydrogen-bond acceptors (Lipinski definition) is 6. The van der Waals surface area contributed by atoms with Gasteiger partial charge in [0, 0.05) is 13.0 Å². The number of carboxylic acid groups (broad SMARTS) is 1. The van der Waals surface area contributed by atoms with E-state index in [-0.39, 0.29) is 17.7 Å². The minimum atomic E-state index is -0.953. The lowest BCUT2D eigenvalue weighted by atomic mass is 9.88. The smallest absolute Gasteiger partial charge is 0.350 e. The van der Waals surface area contributed by atoms with Gasteiger partial charge in [0.05, 0.1) is 23.4 Å². The lowest BCUT2D eigenvalue weighted by molar-refractivity contribution is -0.138. The van der Waals surface area contributed by atoms with Crippen molar-refractivity contribution in [2.75, 3.05) is 6.61 Å². The fourth-order valence-electron chi connectivity index (χ4n) is 5.48. The van der Waals surface area contributed by atoms with Crippen LogP contribution >= 0.6 is 0 Å². The SMILES string of the molecule is CCCCC1=N/C(=C(/C#N)C(=O)OCC)C2(CCCC2)N1Cc1ccc(-c2ccccc2C(=O)O)cc1. The molecule has 37 heavy (non-hydrogen) atoms. The summed E-state index contributed by atoms with van der Waals surface area (Å²) in [6.45, 7) is 4.67. The lowest BCUT2D eigenvalue weighted by Gasteiger charge is -2.38. The highest BCUT2D eigenvalue weighted by molar-refractivity contribution is 5.97. The molecule has 1 spiro atoms. The number of rotatable bonds is 9. The van der Waals surface area contributed by atoms with Crippen molar-refractivity contribution in [3.63, 3.8) is 0 Å². The molecular weight excluding hydrogens is 466 g/mol. The average Bonchev–Trinajstić information content (AvgIpc) is 3.50. The molecule has 1 N–H and O–H groups in total. The Labute approximate surface area is 218 Å². The molecule has 1 aliphatic carbocycles. The van der Waals surface area contributed by atoms with E-state index in [1.807, 2.05) is 36.4 Å². The van der Waals surface area contributed by atoms with E-state index in [9.17, 15) is 20.0 Å². The quantitative estimate of drug-likeness (QED) is 0.254. The number of aromatic carboxylic acids is 1. The van der Waals surface area contributed by atoms with Crippen LogP contribution in [-0.2, 0) is 16.1 Å². The van der Waals surface area contributed by atoms with Crippen LogP contribution in [0.3, 0.4) is 0 Å². The molecule has 0 aromatic heterocycles. The van der Waals surface area contributed by atoms with E-state index in [0.29, 0.717) is 17.8 Å². The highest BCUT2D eigenvalue weighted by Crippen LogP contribution is 2.48. The highest BCUT2D eigenvalue weighted by atomic mass is 16.5. The first-order valence-corrected chi connectivity index (χ1v) is 13.0. The molecule has 2 aromatic carbocycles. The van der Waals surface area contributed by atoms with Crippen molar-refractivity contribution < 1.29 is 19.4 Å². The summed E-state index contributed by atoms with van der Waals surface area (Å²) in [6, 6.07) is 17.0. The maximum absolute atomic E-state index is 12.7. The Balaban J connectivity index is 1.71. The second-order valence-electron chi connectivity index (χ2n) is 9.56. The largest absolute Gasteiger partial charge is 0.478 e. The van der Waals surface area contributed by atoms with Crippen LogP contribution in [0.25, 0.3) is 11.1 Å². The monoisotopic (exact) mass is 499 g/mol. The summed E-state index contributed by atoms with van der Waals surface area (Å²) in [6.07, 6.45) is 6.41. The van der Waals surface area contributed by atoms with Crippen LogP contribution < -0.4 is 0 Å². The minimum Gasteiger partial charge on any atom is -0.478 e. The van der Waals surface area contributed by atoms with Crippen molar-refractivity contribution in [1.82, 2.24) is 4.90 Å². The minimum absolute atomic E-state index is 0.0147. The fraction of sp³-hybridized carbons (Fsp3) is 0.400. The molecule has 7 nitrogen and oxygen atoms in total. The summed E-state index contributed by atoms with van der Waals surface area (Å²) in [7, 11) is 0. The summed E-state index contributed by atoms with van der Waals surface area (Å²) in [5.74, 6) is -0.643. The molecule has 1 heterocycles. The zero-order valence-electron chi connectivity index (χ0n) is 21.5. The first-order valence-electron chi connectivity index (χ1n) is 13.0. The number of ether oxygens (including phenoxy) is 1. The Kier molecular flexibility index (Phi) is 8.08. The van der Waals surface area contributed by atoms with Gasteiger partial charge in [-0.15, -0.1) is 0 Å². The molecular formula is C30H33N3O4. The van der Waals surface area contributed by atoms with Crippen LogP contribution in [0.5, 0.6) is 0 Å². The van der Waals surface area contributed by atoms with Gasteiger partial charge in [-0.1, -0.05) is 68.7 Å². The fourth-order valence-corrected chi connectivity index (χ4v) is 5.48. The molecule has 4 rings (SSSR count). The van der Waals surface area contributed by atoms with Gasteiger partial charge in [0.25, 0.3) is 0 Å². The van der Waals surface area contributed by atoms with Crippen molar-refractivity contribution >= 4 is 17.8 Å². The number of hydrogen-bond donors (Lipinski definition) is 1. The van der Waals surface area contributed by atoms with Crippen molar-refractivity contribution in [2.45, 2.75) is 70.9 Å². The summed E-state index contributed by atoms with van der Waals surface area (Å²) >= 11 is 0. The number of unbranched alkanes of at least 4 members (excludes halogenated alkanes) is 1. The topological polar surface area (TPSA) is 103 Å². The molecule has 1 saturated carbocycles. The Hall–Kier alpha value is -3.92. The number of carbonyl (C=O) groups excluding carboxylic acids is 1. The zero-order valence-corrected chi connectivity index (χ0v) is 21.5. The second kappa shape index (κ2) is 11.4. The van der Waals surface area contributed by atoms with Gasteiger partial charge in [-0.2, -0.15) is 5.26 Å². The van der Waals surface area contributed by atoms with Gasteiger partial charge in [-0.3, -0.25) is 0 Å². The third-order valence-electron chi connectivity index (χ3n) is 7.29. The molecule has 0 unspecified atom stereocenters. The maximum atomic E-state index is 12.7. The Morgan fingerprint density at radius 2 is 1.81 bits per heavy atom. The van der Waals surface area contributed by atoms with Gasteiger partial charge >= 0.3 is 11.9 Å². The molecule has 0 amide bonds. The molecule has 0 bridgehead atoms. The Morgan fingerprint density at radius 1 is 1.11 bits per heavy atom. The van der Waals surface area contributed by atoms with Gasteiger partial charge < -0.3 is 14.7 Å². The number of amidine groups is 1. The molecule has 192 valence electrons. The van der Waals surface area contributed by atoms with Crippen molar-refractivity contribution in [1.29, 1.82) is 5.26 Å². The van der Waals surface area contributed by atoms with Gasteiger partial charge in [0.2, 0.25) is 0 Å². The first-order chi connectivity index (χ1) is 17.9. The zero-order chi connectivity index (χ0) is 26.4. The lowest BCUT2D eigenvalue weighted by Crippen LogP contribution is -2.46. The summed E-state index contributed by atoms with van der Waals surface area (Å²) in [5.41, 5.74) is 2.93. The summed E-state index contributed by atoms with van der Waals surface area (Å²) < 4.78 is 5.21. The van der Waals surface area contributed by atoms with Crippen molar-refractivity contribution in [3.8, 4) is 17.2 Å². The van der Waals surface area contributed by atoms with Crippen LogP contribution in [0.15, 0.2) is 64.8 Å². The number of esters is 1. The maximum Gasteiger partial charge on any atom is 0.350 e. The summed E-state index contributed by atoms with van der Waals surface area (Å²) in [5, 5.41) is 19.5. The van der Waals surface area contributed by atoms with E-state index in [4.69, 9.17) is 9.73 Å². The Bertz CT molecular complexity index is 1260. The first kappa shape index (κ1) is 26.2. The second-order valence-corrected chi connectivity index (χ2v) is 9.56. The summed E-state index contributed by atoms with van der Waals surface area (Å²) in [4.78, 5) is 31.6. The molecule has 0 radical (unpaired) electrons. The molecule has 1 aliphatic heterocycles. The number of nitrogens with zero attached hydrogens (tertiary/aromatic N) is 3. The molecule has 7 heteroatoms. The van der Waals surface area contributed by atoms with Gasteiger partial charge in [0.1, 0.15) is 11.9 Å². The number of aliphatic imine (C=N–C) groups is 1. The number of nitriles is 1. The molecule has 1 fully saturated rings. The van der Waals surface area contributed by atoms with Crippen LogP contribution in [0.2, 0.25) is 0 Å². The van der Waals surface area contributed by atoms with Gasteiger partial charge in [-0.25, -0.2) is 14.6 Å². The van der Waals surface area contributed by atoms with Crippen molar-refractivity contribution in [3.05, 3.63) is 70.9 Å². The van der Waals surface area contributed by atoms with E-state index < -0.39 is 17.5 Å². The normalized spacial score (nSPS) is 17.4. The van der Waals surface area contributed by atoms with Crippen LogP contribution in [-0.4, -0.2) is 39.9 Å². The average molecular weight is 500 g/mol. The third-order valence-corrected chi connectivity index (χ3v) is 7.29. The molecule has 2 aliphatic rings. The Morgan fingerprint density at radius 3 is 2.43 bits per heavy atom. The van der Waals surface area contributed by atoms with Crippen molar-refractivity contribution in [2.24, 2.45) is 4.99 Å². The van der Waals surface area contributed by atoms with E-state index in [2.05, 4.69) is 17.9 Å². The number of carbonyl (C=O) groups is 2.